The predicted molar refractivity (Wildman–Crippen MR) is 75.7 cm³/mol. The number of rotatable bonds is 5. The Kier molecular flexibility index (Phi) is 3.99. The first-order chi connectivity index (χ1) is 8.77. The molecule has 0 unspecified atom stereocenters. The highest BCUT2D eigenvalue weighted by Gasteiger charge is 2.10. The summed E-state index contributed by atoms with van der Waals surface area (Å²) < 4.78 is 0. The van der Waals surface area contributed by atoms with Crippen molar-refractivity contribution in [2.24, 2.45) is 0 Å². The minimum atomic E-state index is 0.205. The molecule has 2 rings (SSSR count). The number of hydrogen-bond donors (Lipinski definition) is 2. The predicted octanol–water partition coefficient (Wildman–Crippen LogP) is 2.03. The van der Waals surface area contributed by atoms with Gasteiger partial charge in [-0.3, -0.25) is 4.98 Å². The Morgan fingerprint density at radius 1 is 1.33 bits per heavy atom. The van der Waals surface area contributed by atoms with E-state index >= 15 is 0 Å². The van der Waals surface area contributed by atoms with E-state index in [9.17, 15) is 0 Å². The first-order valence-electron chi connectivity index (χ1n) is 6.27. The number of aliphatic hydroxyl groups excluding tert-OH is 1. The zero-order valence-electron chi connectivity index (χ0n) is 10.6. The molecule has 4 nitrogen and oxygen atoms in total. The molecule has 0 amide bonds. The van der Waals surface area contributed by atoms with Gasteiger partial charge < -0.3 is 15.7 Å². The van der Waals surface area contributed by atoms with E-state index in [1.165, 1.54) is 0 Å². The van der Waals surface area contributed by atoms with E-state index in [1.54, 1.807) is 6.20 Å². The Morgan fingerprint density at radius 2 is 2.17 bits per heavy atom. The van der Waals surface area contributed by atoms with Crippen molar-refractivity contribution in [2.45, 2.75) is 13.3 Å². The topological polar surface area (TPSA) is 62.4 Å². The number of nitrogens with zero attached hydrogens (tertiary/aromatic N) is 2. The molecule has 1 heterocycles. The Hall–Kier alpha value is -1.81. The maximum Gasteiger partial charge on any atom is 0.0955 e. The Morgan fingerprint density at radius 3 is 2.89 bits per heavy atom. The molecule has 0 aliphatic rings. The van der Waals surface area contributed by atoms with Crippen LogP contribution < -0.4 is 10.6 Å². The molecule has 4 heteroatoms. The third-order valence-corrected chi connectivity index (χ3v) is 3.09. The van der Waals surface area contributed by atoms with E-state index in [0.29, 0.717) is 0 Å². The first kappa shape index (κ1) is 12.6. The van der Waals surface area contributed by atoms with Crippen LogP contribution in [0, 0.1) is 0 Å². The van der Waals surface area contributed by atoms with Gasteiger partial charge in [0.1, 0.15) is 0 Å². The fraction of sp³-hybridized carbons (Fsp3) is 0.357. The van der Waals surface area contributed by atoms with Crippen LogP contribution in [0.3, 0.4) is 0 Å². The lowest BCUT2D eigenvalue weighted by atomic mass is 10.1. The van der Waals surface area contributed by atoms with Crippen LogP contribution in [0.2, 0.25) is 0 Å². The van der Waals surface area contributed by atoms with Crippen LogP contribution in [0.25, 0.3) is 10.9 Å². The second-order valence-electron chi connectivity index (χ2n) is 4.23. The van der Waals surface area contributed by atoms with Gasteiger partial charge in [0.2, 0.25) is 0 Å². The number of aliphatic hydroxyl groups is 1. The fourth-order valence-corrected chi connectivity index (χ4v) is 2.15. The minimum Gasteiger partial charge on any atom is -0.398 e. The lowest BCUT2D eigenvalue weighted by molar-refractivity contribution is 0.289. The standard InChI is InChI=1S/C14H19N3O/c1-2-17(9-4-10-18)13-7-6-12(15)11-5-3-8-16-14(11)13/h3,5-8,18H,2,4,9-10,15H2,1H3. The monoisotopic (exact) mass is 245 g/mol. The quantitative estimate of drug-likeness (QED) is 0.791. The van der Waals surface area contributed by atoms with Crippen molar-refractivity contribution in [1.82, 2.24) is 4.98 Å². The van der Waals surface area contributed by atoms with Gasteiger partial charge in [0.05, 0.1) is 11.2 Å². The number of pyridine rings is 1. The average Bonchev–Trinajstić information content (AvgIpc) is 2.42. The second kappa shape index (κ2) is 5.69. The fourth-order valence-electron chi connectivity index (χ4n) is 2.15. The van der Waals surface area contributed by atoms with Crippen molar-refractivity contribution in [3.8, 4) is 0 Å². The van der Waals surface area contributed by atoms with Crippen LogP contribution in [-0.4, -0.2) is 29.8 Å². The molecule has 0 bridgehead atoms. The van der Waals surface area contributed by atoms with Crippen LogP contribution in [0.1, 0.15) is 13.3 Å². The molecule has 0 saturated carbocycles. The van der Waals surface area contributed by atoms with Crippen molar-refractivity contribution in [1.29, 1.82) is 0 Å². The Labute approximate surface area is 107 Å². The number of hydrogen-bond acceptors (Lipinski definition) is 4. The van der Waals surface area contributed by atoms with Gasteiger partial charge in [-0.15, -0.1) is 0 Å². The van der Waals surface area contributed by atoms with Gasteiger partial charge in [-0.25, -0.2) is 0 Å². The van der Waals surface area contributed by atoms with Gasteiger partial charge in [-0.2, -0.15) is 0 Å². The van der Waals surface area contributed by atoms with E-state index < -0.39 is 0 Å². The molecule has 0 aliphatic carbocycles. The number of anilines is 2. The highest BCUT2D eigenvalue weighted by molar-refractivity contribution is 5.98. The lowest BCUT2D eigenvalue weighted by Gasteiger charge is -2.24. The molecule has 0 fully saturated rings. The molecule has 1 aromatic heterocycles. The summed E-state index contributed by atoms with van der Waals surface area (Å²) in [6, 6.07) is 7.81. The lowest BCUT2D eigenvalue weighted by Crippen LogP contribution is -2.25. The maximum atomic E-state index is 8.95. The van der Waals surface area contributed by atoms with Crippen LogP contribution in [-0.2, 0) is 0 Å². The maximum absolute atomic E-state index is 8.95. The third-order valence-electron chi connectivity index (χ3n) is 3.09. The highest BCUT2D eigenvalue weighted by atomic mass is 16.3. The van der Waals surface area contributed by atoms with Crippen LogP contribution in [0.5, 0.6) is 0 Å². The number of benzene rings is 1. The minimum absolute atomic E-state index is 0.205. The Balaban J connectivity index is 2.46. The van der Waals surface area contributed by atoms with Gasteiger partial charge in [0.25, 0.3) is 0 Å². The molecule has 18 heavy (non-hydrogen) atoms. The van der Waals surface area contributed by atoms with Crippen molar-refractivity contribution in [3.05, 3.63) is 30.5 Å². The molecule has 96 valence electrons. The molecule has 3 N–H and O–H groups in total. The molecular weight excluding hydrogens is 226 g/mol. The smallest absolute Gasteiger partial charge is 0.0955 e. The van der Waals surface area contributed by atoms with E-state index in [4.69, 9.17) is 10.8 Å². The highest BCUT2D eigenvalue weighted by Crippen LogP contribution is 2.29. The molecule has 0 spiro atoms. The van der Waals surface area contributed by atoms with E-state index in [1.807, 2.05) is 24.3 Å². The van der Waals surface area contributed by atoms with Gasteiger partial charge in [0, 0.05) is 37.0 Å². The summed E-state index contributed by atoms with van der Waals surface area (Å²) in [6.07, 6.45) is 2.54. The third kappa shape index (κ3) is 2.38. The summed E-state index contributed by atoms with van der Waals surface area (Å²) in [7, 11) is 0. The zero-order valence-corrected chi connectivity index (χ0v) is 10.6. The summed E-state index contributed by atoms with van der Waals surface area (Å²) in [5.41, 5.74) is 8.73. The second-order valence-corrected chi connectivity index (χ2v) is 4.23. The normalized spacial score (nSPS) is 10.8. The van der Waals surface area contributed by atoms with E-state index in [0.717, 1.165) is 41.8 Å². The molecule has 0 radical (unpaired) electrons. The van der Waals surface area contributed by atoms with Crippen molar-refractivity contribution < 1.29 is 5.11 Å². The number of fused-ring (bicyclic) bond motifs is 1. The average molecular weight is 245 g/mol. The molecule has 0 saturated heterocycles. The van der Waals surface area contributed by atoms with Gasteiger partial charge in [-0.1, -0.05) is 0 Å². The summed E-state index contributed by atoms with van der Waals surface area (Å²) in [4.78, 5) is 6.65. The van der Waals surface area contributed by atoms with E-state index in [-0.39, 0.29) is 6.61 Å². The first-order valence-corrected chi connectivity index (χ1v) is 6.27. The zero-order chi connectivity index (χ0) is 13.0. The van der Waals surface area contributed by atoms with Crippen LogP contribution >= 0.6 is 0 Å². The summed E-state index contributed by atoms with van der Waals surface area (Å²) >= 11 is 0. The molecule has 2 aromatic rings. The SMILES string of the molecule is CCN(CCCO)c1ccc(N)c2cccnc12. The summed E-state index contributed by atoms with van der Waals surface area (Å²) in [6.45, 7) is 4.01. The van der Waals surface area contributed by atoms with E-state index in [2.05, 4.69) is 16.8 Å². The Bertz CT molecular complexity index is 527. The molecule has 1 aromatic carbocycles. The van der Waals surface area contributed by atoms with Crippen LogP contribution in [0.15, 0.2) is 30.5 Å². The van der Waals surface area contributed by atoms with Gasteiger partial charge in [-0.05, 0) is 37.6 Å². The molecule has 0 aliphatic heterocycles. The molecular formula is C14H19N3O. The number of aromatic nitrogens is 1. The van der Waals surface area contributed by atoms with Crippen molar-refractivity contribution in [3.63, 3.8) is 0 Å². The summed E-state index contributed by atoms with van der Waals surface area (Å²) in [5, 5.41) is 9.94. The van der Waals surface area contributed by atoms with Crippen molar-refractivity contribution in [2.75, 3.05) is 30.3 Å². The van der Waals surface area contributed by atoms with Gasteiger partial charge in [0.15, 0.2) is 0 Å². The van der Waals surface area contributed by atoms with Gasteiger partial charge >= 0.3 is 0 Å². The summed E-state index contributed by atoms with van der Waals surface area (Å²) in [5.74, 6) is 0. The van der Waals surface area contributed by atoms with Crippen LogP contribution in [0.4, 0.5) is 11.4 Å². The largest absolute Gasteiger partial charge is 0.398 e. The van der Waals surface area contributed by atoms with Crippen molar-refractivity contribution >= 4 is 22.3 Å². The number of nitrogen functional groups attached to an aromatic ring is 1. The number of nitrogens with two attached hydrogens (primary N) is 1. The molecule has 0 atom stereocenters.